The molecule has 0 radical (unpaired) electrons. The number of nitrogens with one attached hydrogen (secondary N) is 2. The van der Waals surface area contributed by atoms with Gasteiger partial charge >= 0.3 is 6.03 Å². The topological polar surface area (TPSA) is 123 Å². The molecule has 10 heteroatoms. The molecule has 2 saturated heterocycles. The molecule has 4 N–H and O–H groups in total. The van der Waals surface area contributed by atoms with Crippen LogP contribution < -0.4 is 10.6 Å². The van der Waals surface area contributed by atoms with Crippen molar-refractivity contribution >= 4 is 32.8 Å². The Hall–Kier alpha value is -2.85. The first kappa shape index (κ1) is 24.3. The van der Waals surface area contributed by atoms with Crippen LogP contribution in [0.15, 0.2) is 47.4 Å². The minimum absolute atomic E-state index is 0.0490. The molecule has 0 saturated carbocycles. The fraction of sp³-hybridized carbons (Fsp3) is 0.500. The SMILES string of the molecule is N=C(N)N1CCC(CN(NS(=O)(=O)c2ccc3ccccc3c2)C(=O)N2CCCCCC2)CC1. The second kappa shape index (κ2) is 10.6. The van der Waals surface area contributed by atoms with Crippen molar-refractivity contribution in [1.29, 1.82) is 5.41 Å². The summed E-state index contributed by atoms with van der Waals surface area (Å²) in [5.41, 5.74) is 5.61. The summed E-state index contributed by atoms with van der Waals surface area (Å²) in [5.74, 6) is 0.166. The molecule has 0 bridgehead atoms. The number of fused-ring (bicyclic) bond motifs is 1. The molecule has 2 aromatic carbocycles. The van der Waals surface area contributed by atoms with Gasteiger partial charge in [-0.1, -0.05) is 43.2 Å². The maximum absolute atomic E-state index is 13.5. The van der Waals surface area contributed by atoms with Crippen molar-refractivity contribution in [2.75, 3.05) is 32.7 Å². The van der Waals surface area contributed by atoms with Crippen molar-refractivity contribution in [3.63, 3.8) is 0 Å². The Morgan fingerprint density at radius 2 is 1.62 bits per heavy atom. The number of urea groups is 1. The molecular formula is C24H34N6O3S. The number of carbonyl (C=O) groups excluding carboxylic acids is 1. The average Bonchev–Trinajstić information content (AvgIpc) is 3.13. The highest BCUT2D eigenvalue weighted by Crippen LogP contribution is 2.22. The Morgan fingerprint density at radius 1 is 0.971 bits per heavy atom. The third kappa shape index (κ3) is 5.79. The van der Waals surface area contributed by atoms with Gasteiger partial charge in [0.1, 0.15) is 0 Å². The Balaban J connectivity index is 1.54. The van der Waals surface area contributed by atoms with E-state index in [1.54, 1.807) is 28.0 Å². The minimum atomic E-state index is -3.95. The monoisotopic (exact) mass is 486 g/mol. The lowest BCUT2D eigenvalue weighted by Crippen LogP contribution is -2.54. The van der Waals surface area contributed by atoms with Crippen LogP contribution in [0.4, 0.5) is 4.79 Å². The van der Waals surface area contributed by atoms with Crippen LogP contribution in [-0.4, -0.2) is 67.9 Å². The summed E-state index contributed by atoms with van der Waals surface area (Å²) in [6.07, 6.45) is 5.48. The number of amides is 2. The van der Waals surface area contributed by atoms with Crippen molar-refractivity contribution in [2.45, 2.75) is 43.4 Å². The zero-order valence-corrected chi connectivity index (χ0v) is 20.3. The molecule has 2 amide bonds. The largest absolute Gasteiger partial charge is 0.370 e. The fourth-order valence-electron chi connectivity index (χ4n) is 4.73. The van der Waals surface area contributed by atoms with Crippen LogP contribution in [0.5, 0.6) is 0 Å². The first-order chi connectivity index (χ1) is 16.3. The number of piperidine rings is 1. The van der Waals surface area contributed by atoms with E-state index < -0.39 is 10.0 Å². The van der Waals surface area contributed by atoms with Crippen molar-refractivity contribution in [3.05, 3.63) is 42.5 Å². The van der Waals surface area contributed by atoms with E-state index in [-0.39, 0.29) is 29.3 Å². The van der Waals surface area contributed by atoms with Gasteiger partial charge in [-0.05, 0) is 54.5 Å². The highest BCUT2D eigenvalue weighted by molar-refractivity contribution is 7.89. The number of sulfonamides is 1. The highest BCUT2D eigenvalue weighted by Gasteiger charge is 2.30. The molecule has 9 nitrogen and oxygen atoms in total. The Bertz CT molecular complexity index is 1120. The van der Waals surface area contributed by atoms with E-state index in [0.717, 1.165) is 49.3 Å². The molecule has 0 aromatic heterocycles. The van der Waals surface area contributed by atoms with Crippen LogP contribution in [-0.2, 0) is 10.0 Å². The molecular weight excluding hydrogens is 452 g/mol. The summed E-state index contributed by atoms with van der Waals surface area (Å²) in [6.45, 7) is 2.81. The zero-order chi connectivity index (χ0) is 24.1. The lowest BCUT2D eigenvalue weighted by atomic mass is 9.97. The van der Waals surface area contributed by atoms with Gasteiger partial charge in [0.05, 0.1) is 4.90 Å². The molecule has 0 aliphatic carbocycles. The summed E-state index contributed by atoms with van der Waals surface area (Å²) >= 11 is 0. The van der Waals surface area contributed by atoms with E-state index in [0.29, 0.717) is 26.2 Å². The Kier molecular flexibility index (Phi) is 7.57. The van der Waals surface area contributed by atoms with Gasteiger partial charge in [0.25, 0.3) is 10.0 Å². The van der Waals surface area contributed by atoms with Crippen LogP contribution in [0.1, 0.15) is 38.5 Å². The predicted molar refractivity (Wildman–Crippen MR) is 133 cm³/mol. The van der Waals surface area contributed by atoms with Gasteiger partial charge in [-0.25, -0.2) is 18.2 Å². The van der Waals surface area contributed by atoms with E-state index in [2.05, 4.69) is 4.83 Å². The number of hydrogen-bond acceptors (Lipinski definition) is 4. The molecule has 0 unspecified atom stereocenters. The number of likely N-dealkylation sites (tertiary alicyclic amines) is 2. The highest BCUT2D eigenvalue weighted by atomic mass is 32.2. The van der Waals surface area contributed by atoms with Gasteiger partial charge < -0.3 is 15.5 Å². The van der Waals surface area contributed by atoms with Crippen LogP contribution in [0.2, 0.25) is 0 Å². The van der Waals surface area contributed by atoms with Crippen LogP contribution >= 0.6 is 0 Å². The summed E-state index contributed by atoms with van der Waals surface area (Å²) in [4.78, 5) is 19.8. The first-order valence-corrected chi connectivity index (χ1v) is 13.5. The standard InChI is InChI=1S/C24H34N6O3S/c25-23(26)28-15-11-19(12-16-28)18-30(24(31)29-13-5-1-2-6-14-29)27-34(32,33)22-10-9-20-7-3-4-8-21(20)17-22/h3-4,7-10,17,19,27H,1-2,5-6,11-16,18H2,(H3,25,26). The van der Waals surface area contributed by atoms with Crippen molar-refractivity contribution in [3.8, 4) is 0 Å². The first-order valence-electron chi connectivity index (χ1n) is 12.0. The number of rotatable bonds is 5. The molecule has 2 aliphatic heterocycles. The van der Waals surface area contributed by atoms with Crippen LogP contribution in [0.25, 0.3) is 10.8 Å². The van der Waals surface area contributed by atoms with E-state index in [9.17, 15) is 13.2 Å². The molecule has 184 valence electrons. The number of benzene rings is 2. The molecule has 2 aliphatic rings. The van der Waals surface area contributed by atoms with Crippen LogP contribution in [0.3, 0.4) is 0 Å². The van der Waals surface area contributed by atoms with Gasteiger partial charge in [0.2, 0.25) is 0 Å². The molecule has 4 rings (SSSR count). The number of nitrogens with two attached hydrogens (primary N) is 1. The molecule has 2 fully saturated rings. The van der Waals surface area contributed by atoms with Gasteiger partial charge in [0.15, 0.2) is 5.96 Å². The molecule has 34 heavy (non-hydrogen) atoms. The minimum Gasteiger partial charge on any atom is -0.370 e. The summed E-state index contributed by atoms with van der Waals surface area (Å²) in [5, 5.41) is 10.7. The van der Waals surface area contributed by atoms with E-state index >= 15 is 0 Å². The predicted octanol–water partition coefficient (Wildman–Crippen LogP) is 2.94. The average molecular weight is 487 g/mol. The van der Waals surface area contributed by atoms with Gasteiger partial charge in [-0.3, -0.25) is 5.41 Å². The molecule has 0 atom stereocenters. The lowest BCUT2D eigenvalue weighted by molar-refractivity contribution is 0.125. The lowest BCUT2D eigenvalue weighted by Gasteiger charge is -2.36. The number of hydrogen-bond donors (Lipinski definition) is 3. The second-order valence-electron chi connectivity index (χ2n) is 9.21. The van der Waals surface area contributed by atoms with Crippen molar-refractivity contribution in [1.82, 2.24) is 19.6 Å². The molecule has 2 heterocycles. The normalized spacial score (nSPS) is 18.0. The summed E-state index contributed by atoms with van der Waals surface area (Å²) in [6, 6.07) is 12.3. The number of carbonyl (C=O) groups is 1. The maximum Gasteiger partial charge on any atom is 0.335 e. The Labute approximate surface area is 201 Å². The van der Waals surface area contributed by atoms with Gasteiger partial charge in [-0.15, -0.1) is 4.83 Å². The van der Waals surface area contributed by atoms with Crippen molar-refractivity contribution in [2.24, 2.45) is 11.7 Å². The quantitative estimate of drug-likeness (QED) is 0.341. The summed E-state index contributed by atoms with van der Waals surface area (Å²) in [7, 11) is -3.95. The number of nitrogens with zero attached hydrogens (tertiary/aromatic N) is 3. The second-order valence-corrected chi connectivity index (χ2v) is 10.9. The van der Waals surface area contributed by atoms with Crippen molar-refractivity contribution < 1.29 is 13.2 Å². The molecule has 0 spiro atoms. The number of guanidine groups is 1. The smallest absolute Gasteiger partial charge is 0.335 e. The maximum atomic E-state index is 13.5. The third-order valence-electron chi connectivity index (χ3n) is 6.77. The van der Waals surface area contributed by atoms with E-state index in [4.69, 9.17) is 11.1 Å². The Morgan fingerprint density at radius 3 is 2.26 bits per heavy atom. The number of hydrazine groups is 1. The molecule has 2 aromatic rings. The summed E-state index contributed by atoms with van der Waals surface area (Å²) < 4.78 is 26.7. The van der Waals surface area contributed by atoms with Crippen LogP contribution in [0, 0.1) is 11.3 Å². The third-order valence-corrected chi connectivity index (χ3v) is 8.10. The van der Waals surface area contributed by atoms with E-state index in [1.807, 2.05) is 24.3 Å². The van der Waals surface area contributed by atoms with E-state index in [1.165, 1.54) is 5.01 Å². The van der Waals surface area contributed by atoms with Gasteiger partial charge in [-0.2, -0.15) is 0 Å². The fourth-order valence-corrected chi connectivity index (χ4v) is 5.81. The van der Waals surface area contributed by atoms with Gasteiger partial charge in [0, 0.05) is 32.7 Å². The zero-order valence-electron chi connectivity index (χ0n) is 19.4.